The van der Waals surface area contributed by atoms with Gasteiger partial charge >= 0.3 is 6.09 Å². The number of benzene rings is 1. The maximum absolute atomic E-state index is 11.7. The van der Waals surface area contributed by atoms with Crippen LogP contribution in [0.1, 0.15) is 52.4 Å². The van der Waals surface area contributed by atoms with Crippen molar-refractivity contribution in [2.24, 2.45) is 0 Å². The SMILES string of the molecule is CC(C)NC(=O)ONC(=O)CCCCCCC(=O)Nc1ccccc1. The van der Waals surface area contributed by atoms with Gasteiger partial charge in [-0.3, -0.25) is 9.59 Å². The maximum Gasteiger partial charge on any atom is 0.431 e. The summed E-state index contributed by atoms with van der Waals surface area (Å²) in [7, 11) is 0. The minimum atomic E-state index is -0.673. The van der Waals surface area contributed by atoms with Crippen LogP contribution in [0.15, 0.2) is 30.3 Å². The molecule has 7 nitrogen and oxygen atoms in total. The molecule has 1 aromatic rings. The Labute approximate surface area is 148 Å². The van der Waals surface area contributed by atoms with E-state index in [4.69, 9.17) is 0 Å². The highest BCUT2D eigenvalue weighted by Crippen LogP contribution is 2.09. The second kappa shape index (κ2) is 11.9. The normalized spacial score (nSPS) is 10.2. The number of rotatable bonds is 9. The van der Waals surface area contributed by atoms with Crippen LogP contribution in [-0.4, -0.2) is 23.9 Å². The molecule has 0 heterocycles. The van der Waals surface area contributed by atoms with E-state index in [1.165, 1.54) is 0 Å². The molecule has 0 aromatic heterocycles. The molecule has 0 fully saturated rings. The standard InChI is InChI=1S/C18H27N3O4/c1-14(2)19-18(24)25-21-17(23)13-9-4-3-8-12-16(22)20-15-10-6-5-7-11-15/h5-7,10-11,14H,3-4,8-9,12-13H2,1-2H3,(H,19,24)(H,20,22)(H,21,23). The first-order valence-electron chi connectivity index (χ1n) is 8.58. The van der Waals surface area contributed by atoms with E-state index in [2.05, 4.69) is 21.0 Å². The van der Waals surface area contributed by atoms with Gasteiger partial charge in [0.15, 0.2) is 0 Å². The fourth-order valence-corrected chi connectivity index (χ4v) is 2.09. The molecular weight excluding hydrogens is 322 g/mol. The molecule has 3 N–H and O–H groups in total. The molecular formula is C18H27N3O4. The average Bonchev–Trinajstić information content (AvgIpc) is 2.56. The molecule has 0 saturated carbocycles. The quantitative estimate of drug-likeness (QED) is 0.471. The third-order valence-electron chi connectivity index (χ3n) is 3.28. The summed E-state index contributed by atoms with van der Waals surface area (Å²) in [5.74, 6) is -0.339. The minimum absolute atomic E-state index is 0.00601. The van der Waals surface area contributed by atoms with Crippen LogP contribution in [0.5, 0.6) is 0 Å². The van der Waals surface area contributed by atoms with Crippen molar-refractivity contribution in [3.63, 3.8) is 0 Å². The Bertz CT molecular complexity index is 547. The Kier molecular flexibility index (Phi) is 9.74. The number of hydrogen-bond acceptors (Lipinski definition) is 4. The number of carbonyl (C=O) groups excluding carboxylic acids is 3. The summed E-state index contributed by atoms with van der Waals surface area (Å²) in [5, 5.41) is 5.33. The van der Waals surface area contributed by atoms with Gasteiger partial charge < -0.3 is 15.5 Å². The summed E-state index contributed by atoms with van der Waals surface area (Å²) in [6, 6.07) is 9.28. The zero-order valence-corrected chi connectivity index (χ0v) is 14.8. The maximum atomic E-state index is 11.7. The van der Waals surface area contributed by atoms with Crippen molar-refractivity contribution in [2.45, 2.75) is 58.4 Å². The van der Waals surface area contributed by atoms with Crippen LogP contribution in [0.2, 0.25) is 0 Å². The van der Waals surface area contributed by atoms with E-state index < -0.39 is 6.09 Å². The van der Waals surface area contributed by atoms with E-state index in [9.17, 15) is 14.4 Å². The van der Waals surface area contributed by atoms with Gasteiger partial charge in [-0.25, -0.2) is 4.79 Å². The van der Waals surface area contributed by atoms with Gasteiger partial charge in [0, 0.05) is 24.6 Å². The molecule has 0 aliphatic carbocycles. The van der Waals surface area contributed by atoms with E-state index >= 15 is 0 Å². The van der Waals surface area contributed by atoms with E-state index in [1.54, 1.807) is 13.8 Å². The summed E-state index contributed by atoms with van der Waals surface area (Å²) in [4.78, 5) is 39.0. The van der Waals surface area contributed by atoms with Crippen LogP contribution in [0.25, 0.3) is 0 Å². The number of hydroxylamine groups is 1. The Morgan fingerprint density at radius 2 is 1.52 bits per heavy atom. The molecule has 0 atom stereocenters. The van der Waals surface area contributed by atoms with Crippen LogP contribution in [0.4, 0.5) is 10.5 Å². The molecule has 1 aromatic carbocycles. The molecule has 0 spiro atoms. The van der Waals surface area contributed by atoms with Gasteiger partial charge in [0.05, 0.1) is 0 Å². The van der Waals surface area contributed by atoms with Crippen molar-refractivity contribution < 1.29 is 19.2 Å². The number of hydrogen-bond donors (Lipinski definition) is 3. The van der Waals surface area contributed by atoms with Crippen molar-refractivity contribution in [3.05, 3.63) is 30.3 Å². The first-order valence-corrected chi connectivity index (χ1v) is 8.58. The Hall–Kier alpha value is -2.57. The number of amides is 3. The molecule has 0 unspecified atom stereocenters. The summed E-state index contributed by atoms with van der Waals surface area (Å²) in [5.41, 5.74) is 2.91. The molecule has 3 amide bonds. The number of unbranched alkanes of at least 4 members (excludes halogenated alkanes) is 3. The Morgan fingerprint density at radius 3 is 2.12 bits per heavy atom. The number of para-hydroxylation sites is 1. The first-order chi connectivity index (χ1) is 12.0. The molecule has 0 aliphatic rings. The molecule has 25 heavy (non-hydrogen) atoms. The third kappa shape index (κ3) is 10.8. The molecule has 7 heteroatoms. The monoisotopic (exact) mass is 349 g/mol. The van der Waals surface area contributed by atoms with E-state index in [1.807, 2.05) is 30.3 Å². The first kappa shape index (κ1) is 20.5. The second-order valence-electron chi connectivity index (χ2n) is 6.04. The molecule has 0 bridgehead atoms. The fourth-order valence-electron chi connectivity index (χ4n) is 2.09. The van der Waals surface area contributed by atoms with Crippen LogP contribution >= 0.6 is 0 Å². The summed E-state index contributed by atoms with van der Waals surface area (Å²) >= 11 is 0. The number of anilines is 1. The van der Waals surface area contributed by atoms with Crippen molar-refractivity contribution in [2.75, 3.05) is 5.32 Å². The molecule has 138 valence electrons. The van der Waals surface area contributed by atoms with Gasteiger partial charge in [0.1, 0.15) is 0 Å². The van der Waals surface area contributed by atoms with Crippen LogP contribution < -0.4 is 16.1 Å². The molecule has 1 rings (SSSR count). The highest BCUT2D eigenvalue weighted by Gasteiger charge is 2.07. The predicted molar refractivity (Wildman–Crippen MR) is 95.7 cm³/mol. The van der Waals surface area contributed by atoms with Crippen molar-refractivity contribution in [1.29, 1.82) is 0 Å². The van der Waals surface area contributed by atoms with Gasteiger partial charge in [-0.05, 0) is 38.8 Å². The highest BCUT2D eigenvalue weighted by molar-refractivity contribution is 5.90. The van der Waals surface area contributed by atoms with Gasteiger partial charge in [-0.2, -0.15) is 5.48 Å². The van der Waals surface area contributed by atoms with Crippen LogP contribution in [0.3, 0.4) is 0 Å². The molecule has 0 aliphatic heterocycles. The minimum Gasteiger partial charge on any atom is -0.326 e. The van der Waals surface area contributed by atoms with E-state index in [0.717, 1.165) is 24.9 Å². The second-order valence-corrected chi connectivity index (χ2v) is 6.04. The Morgan fingerprint density at radius 1 is 0.920 bits per heavy atom. The lowest BCUT2D eigenvalue weighted by Gasteiger charge is -2.09. The third-order valence-corrected chi connectivity index (χ3v) is 3.28. The lowest BCUT2D eigenvalue weighted by Crippen LogP contribution is -2.36. The lowest BCUT2D eigenvalue weighted by atomic mass is 10.1. The van der Waals surface area contributed by atoms with Crippen molar-refractivity contribution in [1.82, 2.24) is 10.8 Å². The zero-order valence-electron chi connectivity index (χ0n) is 14.8. The smallest absolute Gasteiger partial charge is 0.326 e. The zero-order chi connectivity index (χ0) is 18.5. The van der Waals surface area contributed by atoms with E-state index in [0.29, 0.717) is 12.8 Å². The van der Waals surface area contributed by atoms with Crippen molar-refractivity contribution in [3.8, 4) is 0 Å². The summed E-state index contributed by atoms with van der Waals surface area (Å²) in [6.45, 7) is 3.59. The summed E-state index contributed by atoms with van der Waals surface area (Å²) < 4.78 is 0. The predicted octanol–water partition coefficient (Wildman–Crippen LogP) is 3.13. The highest BCUT2D eigenvalue weighted by atomic mass is 16.7. The van der Waals surface area contributed by atoms with Crippen molar-refractivity contribution >= 4 is 23.6 Å². The van der Waals surface area contributed by atoms with Crippen LogP contribution in [-0.2, 0) is 14.4 Å². The van der Waals surface area contributed by atoms with E-state index in [-0.39, 0.29) is 24.3 Å². The van der Waals surface area contributed by atoms with Gasteiger partial charge in [0.2, 0.25) is 5.91 Å². The van der Waals surface area contributed by atoms with Gasteiger partial charge in [-0.15, -0.1) is 0 Å². The Balaban J connectivity index is 2.00. The van der Waals surface area contributed by atoms with Crippen LogP contribution in [0, 0.1) is 0 Å². The topological polar surface area (TPSA) is 96.5 Å². The average molecular weight is 349 g/mol. The van der Waals surface area contributed by atoms with Gasteiger partial charge in [0.25, 0.3) is 5.91 Å². The van der Waals surface area contributed by atoms with Gasteiger partial charge in [-0.1, -0.05) is 31.0 Å². The number of carbonyl (C=O) groups is 3. The number of nitrogens with one attached hydrogen (secondary N) is 3. The largest absolute Gasteiger partial charge is 0.431 e. The molecule has 0 saturated heterocycles. The fraction of sp³-hybridized carbons (Fsp3) is 0.500. The summed E-state index contributed by atoms with van der Waals surface area (Å²) in [6.07, 6.45) is 3.22. The lowest BCUT2D eigenvalue weighted by molar-refractivity contribution is -0.129. The molecule has 0 radical (unpaired) electrons.